The summed E-state index contributed by atoms with van der Waals surface area (Å²) in [5, 5.41) is 5.14. The second-order valence-corrected chi connectivity index (χ2v) is 18.7. The number of esters is 1. The van der Waals surface area contributed by atoms with Crippen molar-refractivity contribution >= 4 is 39.2 Å². The molecule has 5 rings (SSSR count). The first-order valence-electron chi connectivity index (χ1n) is 19.6. The Morgan fingerprint density at radius 1 is 1.02 bits per heavy atom. The van der Waals surface area contributed by atoms with Gasteiger partial charge in [0.2, 0.25) is 5.91 Å². The number of amides is 2. The summed E-state index contributed by atoms with van der Waals surface area (Å²) in [5.74, 6) is -4.64. The van der Waals surface area contributed by atoms with Crippen LogP contribution in [0.2, 0.25) is 0 Å². The van der Waals surface area contributed by atoms with Crippen LogP contribution in [0.3, 0.4) is 0 Å². The average Bonchev–Trinajstić information content (AvgIpc) is 3.39. The lowest BCUT2D eigenvalue weighted by atomic mass is 9.75. The molecule has 1 saturated carbocycles. The Morgan fingerprint density at radius 2 is 1.67 bits per heavy atom. The van der Waals surface area contributed by atoms with Crippen molar-refractivity contribution < 1.29 is 36.3 Å². The molecule has 2 heterocycles. The van der Waals surface area contributed by atoms with E-state index in [2.05, 4.69) is 36.4 Å². The molecule has 0 saturated heterocycles. The van der Waals surface area contributed by atoms with E-state index in [0.29, 0.717) is 41.1 Å². The van der Waals surface area contributed by atoms with Crippen LogP contribution in [-0.2, 0) is 37.8 Å². The number of anilines is 2. The lowest BCUT2D eigenvalue weighted by Crippen LogP contribution is -2.45. The highest BCUT2D eigenvalue weighted by Crippen LogP contribution is 2.50. The lowest BCUT2D eigenvalue weighted by molar-refractivity contribution is -0.154. The minimum atomic E-state index is -4.46. The van der Waals surface area contributed by atoms with E-state index in [4.69, 9.17) is 4.74 Å². The highest BCUT2D eigenvalue weighted by atomic mass is 32.2. The Labute approximate surface area is 347 Å². The minimum Gasteiger partial charge on any atom is -0.461 e. The number of benzene rings is 2. The maximum absolute atomic E-state index is 15.6. The molecular formula is C43H52F2N6O8S. The standard InChI is InChI=1S/C43H52F2N6O8S/c1-11-30-35(18-23(2)43(30,8)9)59-39(54)34(19-26-12-17-36(46-22-26)51-38(53)24(3)25(4)50(10)41(51)56)48-37(52)29-20-32(45)33(21-31(29)44)49-60(57,58)28-15-13-27(14-16-28)47-40(55)42(5,6)7/h12-17,20-23,30,34-35,49H,11,18-19H2,1-10H3,(H,47,55)(H,48,52)/t23?,30-,34-,35+/m0/s1. The zero-order chi connectivity index (χ0) is 44.6. The molecule has 2 aromatic heterocycles. The molecule has 0 radical (unpaired) electrons. The van der Waals surface area contributed by atoms with Crippen molar-refractivity contribution in [1.29, 1.82) is 0 Å². The largest absolute Gasteiger partial charge is 0.461 e. The molecule has 1 fully saturated rings. The van der Waals surface area contributed by atoms with Crippen molar-refractivity contribution in [3.05, 3.63) is 110 Å². The summed E-state index contributed by atoms with van der Waals surface area (Å²) in [6.07, 6.45) is 1.91. The van der Waals surface area contributed by atoms with Crippen LogP contribution in [0.15, 0.2) is 69.2 Å². The Bertz CT molecular complexity index is 2510. The second kappa shape index (κ2) is 17.1. The van der Waals surface area contributed by atoms with E-state index in [-0.39, 0.29) is 40.3 Å². The van der Waals surface area contributed by atoms with Crippen molar-refractivity contribution in [3.63, 3.8) is 0 Å². The minimum absolute atomic E-state index is 0.00257. The van der Waals surface area contributed by atoms with Crippen LogP contribution in [0.25, 0.3) is 5.82 Å². The lowest BCUT2D eigenvalue weighted by Gasteiger charge is -2.32. The van der Waals surface area contributed by atoms with Gasteiger partial charge in [-0.25, -0.2) is 36.3 Å². The predicted octanol–water partition coefficient (Wildman–Crippen LogP) is 5.96. The Balaban J connectivity index is 1.40. The highest BCUT2D eigenvalue weighted by Gasteiger charge is 2.48. The maximum atomic E-state index is 15.6. The molecule has 0 bridgehead atoms. The third kappa shape index (κ3) is 9.35. The van der Waals surface area contributed by atoms with Gasteiger partial charge < -0.3 is 19.9 Å². The number of carbonyl (C=O) groups excluding carboxylic acids is 3. The zero-order valence-corrected chi connectivity index (χ0v) is 36.2. The van der Waals surface area contributed by atoms with Crippen molar-refractivity contribution in [2.24, 2.45) is 29.7 Å². The summed E-state index contributed by atoms with van der Waals surface area (Å²) >= 11 is 0. The number of carbonyl (C=O) groups is 3. The molecule has 1 aliphatic carbocycles. The van der Waals surface area contributed by atoms with Gasteiger partial charge in [-0.2, -0.15) is 0 Å². The highest BCUT2D eigenvalue weighted by molar-refractivity contribution is 7.92. The number of nitrogens with one attached hydrogen (secondary N) is 3. The number of hydrogen-bond donors (Lipinski definition) is 3. The van der Waals surface area contributed by atoms with Crippen LogP contribution in [-0.4, -0.2) is 52.5 Å². The summed E-state index contributed by atoms with van der Waals surface area (Å²) in [4.78, 5) is 69.9. The molecule has 0 spiro atoms. The van der Waals surface area contributed by atoms with Gasteiger partial charge in [0.05, 0.1) is 16.1 Å². The number of pyridine rings is 1. The fourth-order valence-corrected chi connectivity index (χ4v) is 8.40. The smallest absolute Gasteiger partial charge is 0.336 e. The monoisotopic (exact) mass is 850 g/mol. The van der Waals surface area contributed by atoms with Crippen LogP contribution < -0.4 is 26.6 Å². The number of ether oxygens (including phenoxy) is 1. The summed E-state index contributed by atoms with van der Waals surface area (Å²) < 4.78 is 67.7. The first kappa shape index (κ1) is 45.4. The van der Waals surface area contributed by atoms with E-state index >= 15 is 8.78 Å². The molecule has 2 aromatic carbocycles. The van der Waals surface area contributed by atoms with Gasteiger partial charge in [-0.1, -0.05) is 54.5 Å². The van der Waals surface area contributed by atoms with Gasteiger partial charge in [0.15, 0.2) is 0 Å². The van der Waals surface area contributed by atoms with E-state index < -0.39 is 73.6 Å². The molecule has 1 unspecified atom stereocenters. The van der Waals surface area contributed by atoms with Crippen molar-refractivity contribution in [2.45, 2.75) is 98.6 Å². The van der Waals surface area contributed by atoms with E-state index in [1.807, 2.05) is 11.6 Å². The van der Waals surface area contributed by atoms with Gasteiger partial charge in [0, 0.05) is 54.0 Å². The summed E-state index contributed by atoms with van der Waals surface area (Å²) in [6, 6.07) is 7.58. The average molecular weight is 851 g/mol. The van der Waals surface area contributed by atoms with E-state index in [0.717, 1.165) is 11.0 Å². The van der Waals surface area contributed by atoms with E-state index in [1.165, 1.54) is 54.2 Å². The first-order chi connectivity index (χ1) is 27.9. The molecule has 3 N–H and O–H groups in total. The second-order valence-electron chi connectivity index (χ2n) is 17.0. The van der Waals surface area contributed by atoms with E-state index in [9.17, 15) is 32.4 Å². The SMILES string of the molecule is CC[C@H]1[C@H](OC(=O)[C@H](Cc2ccc(-n3c(=O)c(C)c(C)n(C)c3=O)nc2)NC(=O)c2cc(F)c(NS(=O)(=O)c3ccc(NC(=O)C(C)(C)C)cc3)cc2F)CC(C)C1(C)C. The third-order valence-electron chi connectivity index (χ3n) is 11.7. The maximum Gasteiger partial charge on any atom is 0.336 e. The zero-order valence-electron chi connectivity index (χ0n) is 35.4. The topological polar surface area (TPSA) is 188 Å². The van der Waals surface area contributed by atoms with Crippen LogP contribution in [0.1, 0.15) is 88.5 Å². The molecule has 60 heavy (non-hydrogen) atoms. The third-order valence-corrected chi connectivity index (χ3v) is 13.1. The molecule has 0 aliphatic heterocycles. The van der Waals surface area contributed by atoms with Crippen molar-refractivity contribution in [1.82, 2.24) is 19.4 Å². The number of hydrogen-bond acceptors (Lipinski definition) is 9. The molecule has 1 aliphatic rings. The quantitative estimate of drug-likeness (QED) is 0.145. The summed E-state index contributed by atoms with van der Waals surface area (Å²) in [5.41, 5.74) is -2.05. The van der Waals surface area contributed by atoms with Crippen LogP contribution >= 0.6 is 0 Å². The van der Waals surface area contributed by atoms with E-state index in [1.54, 1.807) is 34.6 Å². The first-order valence-corrected chi connectivity index (χ1v) is 21.0. The summed E-state index contributed by atoms with van der Waals surface area (Å²) in [6.45, 7) is 16.7. The normalized spacial score (nSPS) is 18.1. The van der Waals surface area contributed by atoms with Gasteiger partial charge in [0.1, 0.15) is 29.6 Å². The summed E-state index contributed by atoms with van der Waals surface area (Å²) in [7, 11) is -2.93. The predicted molar refractivity (Wildman–Crippen MR) is 222 cm³/mol. The molecule has 2 amide bonds. The van der Waals surface area contributed by atoms with Crippen LogP contribution in [0, 0.1) is 48.1 Å². The molecule has 17 heteroatoms. The Hall–Kier alpha value is -5.71. The van der Waals surface area contributed by atoms with Gasteiger partial charge in [0.25, 0.3) is 21.5 Å². The van der Waals surface area contributed by atoms with Crippen LogP contribution in [0.4, 0.5) is 20.2 Å². The van der Waals surface area contributed by atoms with Gasteiger partial charge >= 0.3 is 11.7 Å². The molecule has 14 nitrogen and oxygen atoms in total. The van der Waals surface area contributed by atoms with Gasteiger partial charge in [-0.15, -0.1) is 0 Å². The molecule has 4 aromatic rings. The molecule has 4 atom stereocenters. The van der Waals surface area contributed by atoms with Gasteiger partial charge in [-0.05, 0) is 80.0 Å². The van der Waals surface area contributed by atoms with Crippen molar-refractivity contribution in [3.8, 4) is 5.82 Å². The van der Waals surface area contributed by atoms with Crippen molar-refractivity contribution in [2.75, 3.05) is 10.0 Å². The van der Waals surface area contributed by atoms with Crippen LogP contribution in [0.5, 0.6) is 0 Å². The number of halogens is 2. The Morgan fingerprint density at radius 3 is 2.25 bits per heavy atom. The number of aromatic nitrogens is 3. The number of rotatable bonds is 12. The Kier molecular flexibility index (Phi) is 12.9. The number of sulfonamides is 1. The molecule has 322 valence electrons. The fourth-order valence-electron chi connectivity index (χ4n) is 7.34. The van der Waals surface area contributed by atoms with Gasteiger partial charge in [-0.3, -0.25) is 19.1 Å². The molecular weight excluding hydrogens is 799 g/mol. The number of nitrogens with zero attached hydrogens (tertiary/aromatic N) is 3. The fraction of sp³-hybridized carbons (Fsp3) is 0.442.